The van der Waals surface area contributed by atoms with Gasteiger partial charge in [0, 0.05) is 6.42 Å². The molecule has 0 unspecified atom stereocenters. The summed E-state index contributed by atoms with van der Waals surface area (Å²) in [5.41, 5.74) is 5.10. The minimum atomic E-state index is -0.875. The van der Waals surface area contributed by atoms with Gasteiger partial charge in [-0.2, -0.15) is 0 Å². The van der Waals surface area contributed by atoms with E-state index in [9.17, 15) is 9.59 Å². The van der Waals surface area contributed by atoms with E-state index in [4.69, 9.17) is 16.9 Å². The van der Waals surface area contributed by atoms with E-state index in [1.165, 1.54) is 0 Å². The number of amides is 2. The number of primary amides is 1. The number of hydrogen-bond donors (Lipinski definition) is 2. The molecule has 1 aromatic rings. The van der Waals surface area contributed by atoms with Crippen LogP contribution in [0.15, 0.2) is 28.7 Å². The molecule has 2 amide bonds. The summed E-state index contributed by atoms with van der Waals surface area (Å²) < 4.78 is 6.03. The number of nitrogens with two attached hydrogens (primary N) is 1. The number of benzene rings is 1. The summed E-state index contributed by atoms with van der Waals surface area (Å²) in [6.07, 6.45) is 5.13. The fourth-order valence-corrected chi connectivity index (χ4v) is 1.68. The number of hydrogen-bond acceptors (Lipinski definition) is 3. The SMILES string of the molecule is C#CC[C@@H](NC(=O)COc1ccccc1Br)C(N)=O. The molecule has 1 rings (SSSR count). The number of rotatable bonds is 6. The van der Waals surface area contributed by atoms with E-state index in [1.54, 1.807) is 18.2 Å². The second-order valence-corrected chi connectivity index (χ2v) is 4.50. The lowest BCUT2D eigenvalue weighted by Gasteiger charge is -2.13. The Kier molecular flexibility index (Phi) is 5.90. The summed E-state index contributed by atoms with van der Waals surface area (Å²) in [7, 11) is 0. The molecular formula is C13H13BrN2O3. The molecular weight excluding hydrogens is 312 g/mol. The number of ether oxygens (including phenoxy) is 1. The Morgan fingerprint density at radius 2 is 2.16 bits per heavy atom. The summed E-state index contributed by atoms with van der Waals surface area (Å²) in [6, 6.07) is 6.23. The van der Waals surface area contributed by atoms with Gasteiger partial charge in [-0.15, -0.1) is 12.3 Å². The Labute approximate surface area is 119 Å². The van der Waals surface area contributed by atoms with E-state index in [1.807, 2.05) is 6.07 Å². The van der Waals surface area contributed by atoms with Crippen molar-refractivity contribution in [3.05, 3.63) is 28.7 Å². The van der Waals surface area contributed by atoms with Crippen molar-refractivity contribution < 1.29 is 14.3 Å². The molecule has 0 aliphatic heterocycles. The van der Waals surface area contributed by atoms with Gasteiger partial charge in [-0.1, -0.05) is 12.1 Å². The molecule has 6 heteroatoms. The second kappa shape index (κ2) is 7.44. The van der Waals surface area contributed by atoms with Crippen molar-refractivity contribution in [2.75, 3.05) is 6.61 Å². The Bertz CT molecular complexity index is 511. The lowest BCUT2D eigenvalue weighted by Crippen LogP contribution is -2.45. The highest BCUT2D eigenvalue weighted by atomic mass is 79.9. The third-order valence-electron chi connectivity index (χ3n) is 2.20. The zero-order chi connectivity index (χ0) is 14.3. The minimum Gasteiger partial charge on any atom is -0.483 e. The number of terminal acetylenes is 1. The van der Waals surface area contributed by atoms with Crippen molar-refractivity contribution in [2.24, 2.45) is 5.73 Å². The molecule has 0 heterocycles. The molecule has 0 aromatic heterocycles. The van der Waals surface area contributed by atoms with Crippen molar-refractivity contribution in [1.82, 2.24) is 5.32 Å². The Morgan fingerprint density at radius 1 is 1.47 bits per heavy atom. The molecule has 0 radical (unpaired) electrons. The van der Waals surface area contributed by atoms with Gasteiger partial charge in [0.05, 0.1) is 4.47 Å². The maximum atomic E-state index is 11.6. The molecule has 19 heavy (non-hydrogen) atoms. The minimum absolute atomic E-state index is 0.0517. The maximum absolute atomic E-state index is 11.6. The van der Waals surface area contributed by atoms with Crippen LogP contribution in [-0.2, 0) is 9.59 Å². The molecule has 0 aliphatic rings. The van der Waals surface area contributed by atoms with Crippen molar-refractivity contribution in [2.45, 2.75) is 12.5 Å². The van der Waals surface area contributed by atoms with Gasteiger partial charge in [0.1, 0.15) is 11.8 Å². The number of carbonyl (C=O) groups excluding carboxylic acids is 2. The van der Waals surface area contributed by atoms with E-state index in [-0.39, 0.29) is 13.0 Å². The standard InChI is InChI=1S/C13H13BrN2O3/c1-2-5-10(13(15)18)16-12(17)8-19-11-7-4-3-6-9(11)14/h1,3-4,6-7,10H,5,8H2,(H2,15,18)(H,16,17)/t10-/m1/s1. The molecule has 0 bridgehead atoms. The van der Waals surface area contributed by atoms with E-state index >= 15 is 0 Å². The summed E-state index contributed by atoms with van der Waals surface area (Å²) in [5, 5.41) is 2.41. The van der Waals surface area contributed by atoms with Crippen molar-refractivity contribution in [3.8, 4) is 18.1 Å². The third-order valence-corrected chi connectivity index (χ3v) is 2.85. The van der Waals surface area contributed by atoms with Gasteiger partial charge in [-0.3, -0.25) is 9.59 Å². The zero-order valence-corrected chi connectivity index (χ0v) is 11.6. The van der Waals surface area contributed by atoms with Crippen molar-refractivity contribution in [1.29, 1.82) is 0 Å². The van der Waals surface area contributed by atoms with Gasteiger partial charge >= 0.3 is 0 Å². The largest absolute Gasteiger partial charge is 0.483 e. The molecule has 1 aromatic carbocycles. The van der Waals surface area contributed by atoms with E-state index in [0.29, 0.717) is 5.75 Å². The average molecular weight is 325 g/mol. The number of nitrogens with one attached hydrogen (secondary N) is 1. The maximum Gasteiger partial charge on any atom is 0.258 e. The monoisotopic (exact) mass is 324 g/mol. The topological polar surface area (TPSA) is 81.4 Å². The Hall–Kier alpha value is -2.00. The summed E-state index contributed by atoms with van der Waals surface area (Å²) in [6.45, 7) is -0.225. The number of halogens is 1. The van der Waals surface area contributed by atoms with E-state index in [2.05, 4.69) is 27.2 Å². The lowest BCUT2D eigenvalue weighted by molar-refractivity contribution is -0.128. The van der Waals surface area contributed by atoms with Crippen molar-refractivity contribution >= 4 is 27.7 Å². The first-order valence-electron chi connectivity index (χ1n) is 5.44. The van der Waals surface area contributed by atoms with Gasteiger partial charge in [0.15, 0.2) is 6.61 Å². The molecule has 100 valence electrons. The van der Waals surface area contributed by atoms with Crippen LogP contribution in [0.4, 0.5) is 0 Å². The summed E-state index contributed by atoms with van der Waals surface area (Å²) in [4.78, 5) is 22.6. The van der Waals surface area contributed by atoms with Crippen LogP contribution >= 0.6 is 15.9 Å². The fraction of sp³-hybridized carbons (Fsp3) is 0.231. The van der Waals surface area contributed by atoms with E-state index in [0.717, 1.165) is 4.47 Å². The highest BCUT2D eigenvalue weighted by Gasteiger charge is 2.17. The number of carbonyl (C=O) groups is 2. The highest BCUT2D eigenvalue weighted by Crippen LogP contribution is 2.23. The van der Waals surface area contributed by atoms with Crippen LogP contribution in [0.5, 0.6) is 5.75 Å². The average Bonchev–Trinajstić information content (AvgIpc) is 2.37. The van der Waals surface area contributed by atoms with Crippen LogP contribution < -0.4 is 15.8 Å². The molecule has 0 saturated heterocycles. The van der Waals surface area contributed by atoms with Crippen LogP contribution in [0.1, 0.15) is 6.42 Å². The van der Waals surface area contributed by atoms with Gasteiger partial charge in [0.25, 0.3) is 5.91 Å². The van der Waals surface area contributed by atoms with Crippen LogP contribution in [0.25, 0.3) is 0 Å². The molecule has 5 nitrogen and oxygen atoms in total. The predicted molar refractivity (Wildman–Crippen MR) is 74.2 cm³/mol. The highest BCUT2D eigenvalue weighted by molar-refractivity contribution is 9.10. The first kappa shape index (κ1) is 15.1. The Balaban J connectivity index is 2.50. The molecule has 0 fully saturated rings. The quantitative estimate of drug-likeness (QED) is 0.760. The smallest absolute Gasteiger partial charge is 0.258 e. The van der Waals surface area contributed by atoms with Crippen LogP contribution in [0, 0.1) is 12.3 Å². The Morgan fingerprint density at radius 3 is 2.74 bits per heavy atom. The van der Waals surface area contributed by atoms with Gasteiger partial charge in [-0.25, -0.2) is 0 Å². The fourth-order valence-electron chi connectivity index (χ4n) is 1.28. The third kappa shape index (κ3) is 5.02. The molecule has 1 atom stereocenters. The van der Waals surface area contributed by atoms with Crippen LogP contribution in [-0.4, -0.2) is 24.5 Å². The molecule has 0 aliphatic carbocycles. The first-order chi connectivity index (χ1) is 9.04. The molecule has 0 spiro atoms. The summed E-state index contributed by atoms with van der Waals surface area (Å²) in [5.74, 6) is 1.67. The second-order valence-electron chi connectivity index (χ2n) is 3.65. The first-order valence-corrected chi connectivity index (χ1v) is 6.23. The normalized spacial score (nSPS) is 11.2. The number of para-hydroxylation sites is 1. The van der Waals surface area contributed by atoms with Crippen LogP contribution in [0.3, 0.4) is 0 Å². The van der Waals surface area contributed by atoms with E-state index < -0.39 is 17.9 Å². The molecule has 0 saturated carbocycles. The zero-order valence-electron chi connectivity index (χ0n) is 10.1. The van der Waals surface area contributed by atoms with Gasteiger partial charge in [0.2, 0.25) is 5.91 Å². The predicted octanol–water partition coefficient (Wildman–Crippen LogP) is 0.821. The lowest BCUT2D eigenvalue weighted by atomic mass is 10.2. The van der Waals surface area contributed by atoms with Crippen LogP contribution in [0.2, 0.25) is 0 Å². The van der Waals surface area contributed by atoms with Gasteiger partial charge in [-0.05, 0) is 28.1 Å². The molecule has 3 N–H and O–H groups in total. The van der Waals surface area contributed by atoms with Gasteiger partial charge < -0.3 is 15.8 Å². The summed E-state index contributed by atoms with van der Waals surface area (Å²) >= 11 is 3.29. The van der Waals surface area contributed by atoms with Crippen molar-refractivity contribution in [3.63, 3.8) is 0 Å².